The minimum absolute atomic E-state index is 0.0798. The average Bonchev–Trinajstić information content (AvgIpc) is 2.42. The highest BCUT2D eigenvalue weighted by Gasteiger charge is 2.29. The SMILES string of the molecule is CCCCOC(=O)NC(CC(=O)NCC(C)(C)C)C(=O)OC(C)(C)C. The Morgan fingerprint density at radius 2 is 1.64 bits per heavy atom. The third-order valence-electron chi connectivity index (χ3n) is 2.92. The fourth-order valence-corrected chi connectivity index (χ4v) is 1.68. The molecule has 7 nitrogen and oxygen atoms in total. The van der Waals surface area contributed by atoms with Gasteiger partial charge in [-0.25, -0.2) is 9.59 Å². The minimum atomic E-state index is -1.09. The highest BCUT2D eigenvalue weighted by atomic mass is 16.6. The summed E-state index contributed by atoms with van der Waals surface area (Å²) in [6.07, 6.45) is 0.690. The Morgan fingerprint density at radius 1 is 1.04 bits per heavy atom. The van der Waals surface area contributed by atoms with Gasteiger partial charge in [-0.15, -0.1) is 0 Å². The third kappa shape index (κ3) is 13.2. The predicted molar refractivity (Wildman–Crippen MR) is 96.1 cm³/mol. The number of carbonyl (C=O) groups excluding carboxylic acids is 3. The molecule has 0 radical (unpaired) electrons. The van der Waals surface area contributed by atoms with Gasteiger partial charge in [-0.3, -0.25) is 4.79 Å². The van der Waals surface area contributed by atoms with Gasteiger partial charge in [-0.1, -0.05) is 34.1 Å². The molecule has 146 valence electrons. The van der Waals surface area contributed by atoms with E-state index in [1.807, 2.05) is 27.7 Å². The number of esters is 1. The van der Waals surface area contributed by atoms with Gasteiger partial charge < -0.3 is 20.1 Å². The summed E-state index contributed by atoms with van der Waals surface area (Å²) in [7, 11) is 0. The van der Waals surface area contributed by atoms with Crippen molar-refractivity contribution < 1.29 is 23.9 Å². The average molecular weight is 358 g/mol. The second kappa shape index (κ2) is 10.3. The summed E-state index contributed by atoms with van der Waals surface area (Å²) in [5.41, 5.74) is -0.797. The number of nitrogens with one attached hydrogen (secondary N) is 2. The summed E-state index contributed by atoms with van der Waals surface area (Å²) in [4.78, 5) is 36.2. The zero-order chi connectivity index (χ0) is 19.7. The van der Waals surface area contributed by atoms with Crippen LogP contribution in [0.4, 0.5) is 4.79 Å². The first kappa shape index (κ1) is 23.2. The fraction of sp³-hybridized carbons (Fsp3) is 0.833. The third-order valence-corrected chi connectivity index (χ3v) is 2.92. The summed E-state index contributed by atoms with van der Waals surface area (Å²) >= 11 is 0. The lowest BCUT2D eigenvalue weighted by Crippen LogP contribution is -2.47. The van der Waals surface area contributed by atoms with Crippen molar-refractivity contribution in [2.24, 2.45) is 5.41 Å². The molecular weight excluding hydrogens is 324 g/mol. The molecule has 25 heavy (non-hydrogen) atoms. The van der Waals surface area contributed by atoms with Crippen molar-refractivity contribution in [3.05, 3.63) is 0 Å². The maximum atomic E-state index is 12.3. The van der Waals surface area contributed by atoms with Crippen molar-refractivity contribution in [1.82, 2.24) is 10.6 Å². The molecule has 0 spiro atoms. The number of hydrogen-bond donors (Lipinski definition) is 2. The van der Waals surface area contributed by atoms with E-state index in [1.165, 1.54) is 0 Å². The first-order valence-electron chi connectivity index (χ1n) is 8.77. The Bertz CT molecular complexity index is 449. The van der Waals surface area contributed by atoms with Gasteiger partial charge in [0, 0.05) is 6.54 Å². The lowest BCUT2D eigenvalue weighted by molar-refractivity contribution is -0.158. The first-order chi connectivity index (χ1) is 11.3. The van der Waals surface area contributed by atoms with E-state index in [2.05, 4.69) is 10.6 Å². The van der Waals surface area contributed by atoms with Crippen molar-refractivity contribution in [2.45, 2.75) is 79.4 Å². The summed E-state index contributed by atoms with van der Waals surface area (Å²) in [5, 5.41) is 5.19. The summed E-state index contributed by atoms with van der Waals surface area (Å²) < 4.78 is 10.3. The van der Waals surface area contributed by atoms with Gasteiger partial charge in [-0.2, -0.15) is 0 Å². The van der Waals surface area contributed by atoms with Crippen LogP contribution < -0.4 is 10.6 Å². The van der Waals surface area contributed by atoms with E-state index in [1.54, 1.807) is 20.8 Å². The van der Waals surface area contributed by atoms with Crippen LogP contribution in [-0.4, -0.2) is 42.8 Å². The molecular formula is C18H34N2O5. The predicted octanol–water partition coefficient (Wildman–Crippen LogP) is 2.78. The van der Waals surface area contributed by atoms with Crippen LogP contribution in [0.2, 0.25) is 0 Å². The number of hydrogen-bond acceptors (Lipinski definition) is 5. The molecule has 2 amide bonds. The van der Waals surface area contributed by atoms with Crippen LogP contribution in [0.15, 0.2) is 0 Å². The molecule has 0 aromatic rings. The molecule has 0 aromatic carbocycles. The van der Waals surface area contributed by atoms with Crippen molar-refractivity contribution in [2.75, 3.05) is 13.2 Å². The lowest BCUT2D eigenvalue weighted by Gasteiger charge is -2.25. The van der Waals surface area contributed by atoms with Crippen LogP contribution in [0, 0.1) is 5.41 Å². The van der Waals surface area contributed by atoms with Gasteiger partial charge in [-0.05, 0) is 32.6 Å². The Balaban J connectivity index is 4.80. The van der Waals surface area contributed by atoms with E-state index < -0.39 is 23.7 Å². The van der Waals surface area contributed by atoms with Crippen molar-refractivity contribution in [3.8, 4) is 0 Å². The van der Waals surface area contributed by atoms with E-state index in [0.717, 1.165) is 12.8 Å². The van der Waals surface area contributed by atoms with Crippen LogP contribution in [-0.2, 0) is 19.1 Å². The number of ether oxygens (including phenoxy) is 2. The van der Waals surface area contributed by atoms with Crippen molar-refractivity contribution >= 4 is 18.0 Å². The smallest absolute Gasteiger partial charge is 0.407 e. The molecule has 0 rings (SSSR count). The van der Waals surface area contributed by atoms with Gasteiger partial charge in [0.05, 0.1) is 13.0 Å². The lowest BCUT2D eigenvalue weighted by atomic mass is 9.97. The molecule has 2 N–H and O–H groups in total. The van der Waals surface area contributed by atoms with Gasteiger partial charge >= 0.3 is 12.1 Å². The molecule has 0 aliphatic carbocycles. The molecule has 0 saturated heterocycles. The molecule has 7 heteroatoms. The van der Waals surface area contributed by atoms with Crippen LogP contribution in [0.1, 0.15) is 67.7 Å². The second-order valence-electron chi connectivity index (χ2n) is 8.26. The monoisotopic (exact) mass is 358 g/mol. The van der Waals surface area contributed by atoms with Crippen LogP contribution in [0.3, 0.4) is 0 Å². The molecule has 1 unspecified atom stereocenters. The zero-order valence-corrected chi connectivity index (χ0v) is 16.7. The van der Waals surface area contributed by atoms with Gasteiger partial charge in [0.15, 0.2) is 0 Å². The van der Waals surface area contributed by atoms with E-state index in [0.29, 0.717) is 6.54 Å². The maximum Gasteiger partial charge on any atom is 0.407 e. The molecule has 0 bridgehead atoms. The van der Waals surface area contributed by atoms with Crippen LogP contribution in [0.5, 0.6) is 0 Å². The van der Waals surface area contributed by atoms with Gasteiger partial charge in [0.2, 0.25) is 5.91 Å². The highest BCUT2D eigenvalue weighted by molar-refractivity contribution is 5.88. The summed E-state index contributed by atoms with van der Waals surface area (Å²) in [6.45, 7) is 13.8. The minimum Gasteiger partial charge on any atom is -0.458 e. The Kier molecular flexibility index (Phi) is 9.52. The van der Waals surface area contributed by atoms with Crippen LogP contribution in [0.25, 0.3) is 0 Å². The quantitative estimate of drug-likeness (QED) is 0.514. The molecule has 0 aliphatic rings. The van der Waals surface area contributed by atoms with E-state index in [4.69, 9.17) is 9.47 Å². The standard InChI is InChI=1S/C18H34N2O5/c1-8-9-10-24-16(23)20-13(15(22)25-18(5,6)7)11-14(21)19-12-17(2,3)4/h13H,8-12H2,1-7H3,(H,19,21)(H,20,23). The Morgan fingerprint density at radius 3 is 2.12 bits per heavy atom. The Hall–Kier alpha value is -1.79. The molecule has 0 saturated carbocycles. The van der Waals surface area contributed by atoms with E-state index in [-0.39, 0.29) is 24.3 Å². The topological polar surface area (TPSA) is 93.7 Å². The van der Waals surface area contributed by atoms with Gasteiger partial charge in [0.1, 0.15) is 11.6 Å². The normalized spacial score (nSPS) is 12.9. The van der Waals surface area contributed by atoms with E-state index in [9.17, 15) is 14.4 Å². The number of carbonyl (C=O) groups is 3. The second-order valence-corrected chi connectivity index (χ2v) is 8.26. The van der Waals surface area contributed by atoms with E-state index >= 15 is 0 Å². The van der Waals surface area contributed by atoms with Crippen molar-refractivity contribution in [3.63, 3.8) is 0 Å². The molecule has 1 atom stereocenters. The number of rotatable bonds is 8. The van der Waals surface area contributed by atoms with Crippen molar-refractivity contribution in [1.29, 1.82) is 0 Å². The largest absolute Gasteiger partial charge is 0.458 e. The zero-order valence-electron chi connectivity index (χ0n) is 16.7. The number of unbranched alkanes of at least 4 members (excludes halogenated alkanes) is 1. The number of alkyl carbamates (subject to hydrolysis) is 1. The number of amides is 2. The summed E-state index contributed by atoms with van der Waals surface area (Å²) in [5.74, 6) is -0.995. The first-order valence-corrected chi connectivity index (χ1v) is 8.77. The van der Waals surface area contributed by atoms with Crippen LogP contribution >= 0.6 is 0 Å². The molecule has 0 heterocycles. The molecule has 0 aromatic heterocycles. The highest BCUT2D eigenvalue weighted by Crippen LogP contribution is 2.12. The maximum absolute atomic E-state index is 12.3. The Labute approximate surface area is 151 Å². The molecule has 0 fully saturated rings. The fourth-order valence-electron chi connectivity index (χ4n) is 1.68. The van der Waals surface area contributed by atoms with Gasteiger partial charge in [0.25, 0.3) is 0 Å². The molecule has 0 aliphatic heterocycles. The summed E-state index contributed by atoms with van der Waals surface area (Å²) in [6, 6.07) is -1.09.